The number of rotatable bonds is 5. The molecule has 0 bridgehead atoms. The quantitative estimate of drug-likeness (QED) is 0.797. The average molecular weight is 365 g/mol. The van der Waals surface area contributed by atoms with Gasteiger partial charge in [0, 0.05) is 17.1 Å². The summed E-state index contributed by atoms with van der Waals surface area (Å²) < 4.78 is 0. The molecule has 24 heavy (non-hydrogen) atoms. The lowest BCUT2D eigenvalue weighted by molar-refractivity contribution is -0.115. The van der Waals surface area contributed by atoms with Gasteiger partial charge in [-0.3, -0.25) is 9.59 Å². The number of hydrogen-bond donors (Lipinski definition) is 2. The highest BCUT2D eigenvalue weighted by atomic mass is 35.5. The second-order valence-electron chi connectivity index (χ2n) is 5.34. The van der Waals surface area contributed by atoms with Crippen molar-refractivity contribution in [2.24, 2.45) is 0 Å². The summed E-state index contributed by atoms with van der Waals surface area (Å²) in [4.78, 5) is 23.7. The number of hydrogen-bond acceptors (Lipinski definition) is 2. The van der Waals surface area contributed by atoms with Crippen LogP contribution in [0, 0.1) is 0 Å². The Bertz CT molecular complexity index is 745. The fourth-order valence-corrected chi connectivity index (χ4v) is 2.63. The van der Waals surface area contributed by atoms with Crippen LogP contribution in [0.5, 0.6) is 0 Å². The minimum atomic E-state index is -0.271. The lowest BCUT2D eigenvalue weighted by Crippen LogP contribution is -2.26. The predicted molar refractivity (Wildman–Crippen MR) is 97.7 cm³/mol. The molecule has 1 unspecified atom stereocenters. The third-order valence-corrected chi connectivity index (χ3v) is 4.09. The zero-order chi connectivity index (χ0) is 17.7. The number of anilines is 1. The van der Waals surface area contributed by atoms with Crippen molar-refractivity contribution in [3.05, 3.63) is 63.6 Å². The van der Waals surface area contributed by atoms with Crippen molar-refractivity contribution in [2.75, 3.05) is 5.32 Å². The Morgan fingerprint density at radius 2 is 1.75 bits per heavy atom. The molecule has 0 spiro atoms. The summed E-state index contributed by atoms with van der Waals surface area (Å²) in [5.74, 6) is -0.311. The molecule has 2 aromatic rings. The van der Waals surface area contributed by atoms with Crippen LogP contribution in [0.15, 0.2) is 42.5 Å². The molecule has 4 nitrogen and oxygen atoms in total. The lowest BCUT2D eigenvalue weighted by atomic mass is 10.1. The molecule has 2 rings (SSSR count). The zero-order valence-electron chi connectivity index (χ0n) is 13.4. The van der Waals surface area contributed by atoms with Crippen molar-refractivity contribution in [2.45, 2.75) is 26.3 Å². The third kappa shape index (κ3) is 4.73. The molecule has 2 N–H and O–H groups in total. The van der Waals surface area contributed by atoms with Crippen LogP contribution in [0.2, 0.25) is 10.0 Å². The molecule has 2 amide bonds. The van der Waals surface area contributed by atoms with E-state index in [-0.39, 0.29) is 17.9 Å². The third-order valence-electron chi connectivity index (χ3n) is 3.54. The Balaban J connectivity index is 2.04. The van der Waals surface area contributed by atoms with Gasteiger partial charge in [0.25, 0.3) is 5.91 Å². The van der Waals surface area contributed by atoms with Crippen LogP contribution in [-0.4, -0.2) is 11.8 Å². The highest BCUT2D eigenvalue weighted by molar-refractivity contribution is 6.36. The Morgan fingerprint density at radius 3 is 2.33 bits per heavy atom. The Hall–Kier alpha value is -2.04. The van der Waals surface area contributed by atoms with Gasteiger partial charge >= 0.3 is 0 Å². The van der Waals surface area contributed by atoms with Gasteiger partial charge in [0.05, 0.1) is 16.6 Å². The van der Waals surface area contributed by atoms with Crippen molar-refractivity contribution in [1.29, 1.82) is 0 Å². The molecular weight excluding hydrogens is 347 g/mol. The molecule has 0 fully saturated rings. The summed E-state index contributed by atoms with van der Waals surface area (Å²) in [6, 6.07) is 11.9. The molecular formula is C18H18Cl2N2O2. The Morgan fingerprint density at radius 1 is 1.08 bits per heavy atom. The highest BCUT2D eigenvalue weighted by Gasteiger charge is 2.14. The summed E-state index contributed by atoms with van der Waals surface area (Å²) in [5.41, 5.74) is 2.02. The van der Waals surface area contributed by atoms with Gasteiger partial charge in [-0.15, -0.1) is 0 Å². The summed E-state index contributed by atoms with van der Waals surface area (Å²) in [6.45, 7) is 3.67. The summed E-state index contributed by atoms with van der Waals surface area (Å²) in [5, 5.41) is 6.46. The molecule has 1 atom stereocenters. The number of halogens is 2. The maximum atomic E-state index is 12.3. The molecule has 126 valence electrons. The second kappa shape index (κ2) is 8.18. The lowest BCUT2D eigenvalue weighted by Gasteiger charge is -2.15. The Kier molecular flexibility index (Phi) is 6.23. The van der Waals surface area contributed by atoms with E-state index in [0.717, 1.165) is 11.3 Å². The molecule has 0 heterocycles. The number of benzene rings is 2. The van der Waals surface area contributed by atoms with Gasteiger partial charge in [-0.1, -0.05) is 42.3 Å². The maximum Gasteiger partial charge on any atom is 0.253 e. The van der Waals surface area contributed by atoms with Crippen LogP contribution in [-0.2, 0) is 4.79 Å². The van der Waals surface area contributed by atoms with E-state index in [1.807, 2.05) is 19.1 Å². The number of amides is 2. The highest BCUT2D eigenvalue weighted by Crippen LogP contribution is 2.22. The molecule has 0 aliphatic carbocycles. The number of carbonyl (C=O) groups excluding carboxylic acids is 2. The first-order valence-corrected chi connectivity index (χ1v) is 8.32. The zero-order valence-corrected chi connectivity index (χ0v) is 14.9. The maximum absolute atomic E-state index is 12.3. The SMILES string of the molecule is CCC(=O)Nc1ccc(C(C)NC(=O)c2ccc(Cl)cc2Cl)cc1. The van der Waals surface area contributed by atoms with E-state index in [9.17, 15) is 9.59 Å². The van der Waals surface area contributed by atoms with Gasteiger partial charge in [0.15, 0.2) is 0 Å². The summed E-state index contributed by atoms with van der Waals surface area (Å²) in [7, 11) is 0. The standard InChI is InChI=1S/C18H18Cl2N2O2/c1-3-17(23)22-14-7-4-12(5-8-14)11(2)21-18(24)15-9-6-13(19)10-16(15)20/h4-11H,3H2,1-2H3,(H,21,24)(H,22,23). The molecule has 0 aliphatic heterocycles. The molecule has 0 aromatic heterocycles. The van der Waals surface area contributed by atoms with Crippen molar-refractivity contribution in [1.82, 2.24) is 5.32 Å². The first kappa shape index (κ1) is 18.3. The Labute approximate surface area is 151 Å². The molecule has 0 aliphatic rings. The van der Waals surface area contributed by atoms with Crippen molar-refractivity contribution in [3.63, 3.8) is 0 Å². The van der Waals surface area contributed by atoms with Crippen molar-refractivity contribution < 1.29 is 9.59 Å². The minimum absolute atomic E-state index is 0.0403. The average Bonchev–Trinajstić information content (AvgIpc) is 2.55. The van der Waals surface area contributed by atoms with E-state index in [0.29, 0.717) is 22.0 Å². The number of nitrogens with one attached hydrogen (secondary N) is 2. The molecule has 0 radical (unpaired) electrons. The van der Waals surface area contributed by atoms with Crippen LogP contribution in [0.4, 0.5) is 5.69 Å². The fraction of sp³-hybridized carbons (Fsp3) is 0.222. The minimum Gasteiger partial charge on any atom is -0.345 e. The van der Waals surface area contributed by atoms with Crippen LogP contribution >= 0.6 is 23.2 Å². The van der Waals surface area contributed by atoms with E-state index in [2.05, 4.69) is 10.6 Å². The van der Waals surface area contributed by atoms with Gasteiger partial charge < -0.3 is 10.6 Å². The summed E-state index contributed by atoms with van der Waals surface area (Å²) in [6.07, 6.45) is 0.427. The van der Waals surface area contributed by atoms with E-state index < -0.39 is 0 Å². The van der Waals surface area contributed by atoms with Crippen LogP contribution in [0.1, 0.15) is 42.2 Å². The first-order chi connectivity index (χ1) is 11.4. The molecule has 2 aromatic carbocycles. The van der Waals surface area contributed by atoms with E-state index in [1.54, 1.807) is 31.2 Å². The van der Waals surface area contributed by atoms with E-state index in [1.165, 1.54) is 6.07 Å². The smallest absolute Gasteiger partial charge is 0.253 e. The van der Waals surface area contributed by atoms with Gasteiger partial charge in [0.1, 0.15) is 0 Å². The van der Waals surface area contributed by atoms with Crippen LogP contribution in [0.25, 0.3) is 0 Å². The van der Waals surface area contributed by atoms with Gasteiger partial charge in [-0.25, -0.2) is 0 Å². The summed E-state index contributed by atoms with van der Waals surface area (Å²) >= 11 is 11.9. The largest absolute Gasteiger partial charge is 0.345 e. The fourth-order valence-electron chi connectivity index (χ4n) is 2.14. The van der Waals surface area contributed by atoms with Crippen LogP contribution < -0.4 is 10.6 Å². The van der Waals surface area contributed by atoms with Gasteiger partial charge in [0.2, 0.25) is 5.91 Å². The van der Waals surface area contributed by atoms with E-state index in [4.69, 9.17) is 23.2 Å². The monoisotopic (exact) mass is 364 g/mol. The normalized spacial score (nSPS) is 11.7. The first-order valence-electron chi connectivity index (χ1n) is 7.56. The molecule has 0 saturated heterocycles. The van der Waals surface area contributed by atoms with Crippen molar-refractivity contribution in [3.8, 4) is 0 Å². The topological polar surface area (TPSA) is 58.2 Å². The molecule has 6 heteroatoms. The second-order valence-corrected chi connectivity index (χ2v) is 6.19. The molecule has 0 saturated carbocycles. The predicted octanol–water partition coefficient (Wildman–Crippen LogP) is 4.83. The van der Waals surface area contributed by atoms with Gasteiger partial charge in [-0.05, 0) is 42.8 Å². The van der Waals surface area contributed by atoms with Gasteiger partial charge in [-0.2, -0.15) is 0 Å². The van der Waals surface area contributed by atoms with E-state index >= 15 is 0 Å². The number of carbonyl (C=O) groups is 2. The van der Waals surface area contributed by atoms with Crippen LogP contribution in [0.3, 0.4) is 0 Å². The van der Waals surface area contributed by atoms with Crippen molar-refractivity contribution >= 4 is 40.7 Å².